The minimum atomic E-state index is 0.134. The topological polar surface area (TPSA) is 42.7 Å². The Morgan fingerprint density at radius 2 is 2.22 bits per heavy atom. The van der Waals surface area contributed by atoms with Gasteiger partial charge in [0, 0.05) is 30.9 Å². The molecule has 0 saturated heterocycles. The predicted molar refractivity (Wildman–Crippen MR) is 70.4 cm³/mol. The van der Waals surface area contributed by atoms with Crippen LogP contribution in [-0.2, 0) is 6.42 Å². The van der Waals surface area contributed by atoms with Crippen LogP contribution < -0.4 is 5.32 Å². The summed E-state index contributed by atoms with van der Waals surface area (Å²) in [5, 5.41) is 3.51. The van der Waals surface area contributed by atoms with E-state index >= 15 is 0 Å². The first-order valence-electron chi connectivity index (χ1n) is 6.47. The Kier molecular flexibility index (Phi) is 2.88. The van der Waals surface area contributed by atoms with Crippen LogP contribution in [0.15, 0.2) is 30.7 Å². The highest BCUT2D eigenvalue weighted by Gasteiger charge is 2.26. The first-order valence-corrected chi connectivity index (χ1v) is 6.47. The number of pyridine rings is 1. The van der Waals surface area contributed by atoms with Gasteiger partial charge in [0.05, 0.1) is 23.8 Å². The van der Waals surface area contributed by atoms with Gasteiger partial charge in [0.2, 0.25) is 0 Å². The van der Waals surface area contributed by atoms with Crippen LogP contribution in [0.4, 0.5) is 0 Å². The molecular weight excluding hydrogens is 224 g/mol. The molecule has 4 nitrogen and oxygen atoms in total. The quantitative estimate of drug-likeness (QED) is 0.877. The smallest absolute Gasteiger partial charge is 0.0954 e. The summed E-state index contributed by atoms with van der Waals surface area (Å²) in [6.07, 6.45) is 4.83. The van der Waals surface area contributed by atoms with Gasteiger partial charge in [-0.3, -0.25) is 4.98 Å². The number of imidazole rings is 1. The number of aromatic nitrogens is 3. The van der Waals surface area contributed by atoms with E-state index < -0.39 is 0 Å². The van der Waals surface area contributed by atoms with E-state index in [4.69, 9.17) is 0 Å². The van der Waals surface area contributed by atoms with Crippen molar-refractivity contribution in [2.45, 2.75) is 32.4 Å². The van der Waals surface area contributed by atoms with Crippen molar-refractivity contribution >= 4 is 0 Å². The van der Waals surface area contributed by atoms with Crippen LogP contribution in [0, 0.1) is 0 Å². The summed E-state index contributed by atoms with van der Waals surface area (Å²) in [5.41, 5.74) is 3.53. The van der Waals surface area contributed by atoms with Crippen molar-refractivity contribution in [3.8, 4) is 0 Å². The molecule has 0 aromatic carbocycles. The zero-order chi connectivity index (χ0) is 12.5. The lowest BCUT2D eigenvalue weighted by molar-refractivity contribution is 0.507. The molecule has 0 saturated carbocycles. The van der Waals surface area contributed by atoms with Crippen LogP contribution in [0.1, 0.15) is 43.0 Å². The van der Waals surface area contributed by atoms with Crippen LogP contribution in [0.3, 0.4) is 0 Å². The van der Waals surface area contributed by atoms with Crippen molar-refractivity contribution in [3.05, 3.63) is 47.8 Å². The molecule has 0 spiro atoms. The van der Waals surface area contributed by atoms with Crippen molar-refractivity contribution < 1.29 is 0 Å². The molecule has 3 heterocycles. The fourth-order valence-corrected chi connectivity index (χ4v) is 2.57. The van der Waals surface area contributed by atoms with E-state index in [-0.39, 0.29) is 6.04 Å². The van der Waals surface area contributed by atoms with Crippen LogP contribution in [0.5, 0.6) is 0 Å². The Morgan fingerprint density at radius 1 is 1.33 bits per heavy atom. The number of hydrogen-bond acceptors (Lipinski definition) is 3. The molecule has 94 valence electrons. The first-order chi connectivity index (χ1) is 8.77. The molecule has 1 unspecified atom stereocenters. The van der Waals surface area contributed by atoms with Gasteiger partial charge in [0.1, 0.15) is 0 Å². The number of nitrogens with zero attached hydrogens (tertiary/aromatic N) is 3. The highest BCUT2D eigenvalue weighted by Crippen LogP contribution is 2.27. The molecule has 2 aromatic heterocycles. The van der Waals surface area contributed by atoms with E-state index in [0.717, 1.165) is 24.4 Å². The van der Waals surface area contributed by atoms with E-state index in [0.29, 0.717) is 6.04 Å². The summed E-state index contributed by atoms with van der Waals surface area (Å²) in [7, 11) is 0. The second kappa shape index (κ2) is 4.53. The largest absolute Gasteiger partial charge is 0.332 e. The third-order valence-corrected chi connectivity index (χ3v) is 3.45. The van der Waals surface area contributed by atoms with Gasteiger partial charge in [-0.05, 0) is 26.0 Å². The molecule has 1 aliphatic rings. The Balaban J connectivity index is 2.03. The lowest BCUT2D eigenvalue weighted by Crippen LogP contribution is -2.32. The second-order valence-electron chi connectivity index (χ2n) is 4.97. The highest BCUT2D eigenvalue weighted by molar-refractivity contribution is 5.29. The maximum absolute atomic E-state index is 4.60. The molecule has 0 radical (unpaired) electrons. The van der Waals surface area contributed by atoms with E-state index in [1.54, 1.807) is 0 Å². The molecule has 0 fully saturated rings. The predicted octanol–water partition coefficient (Wildman–Crippen LogP) is 2.09. The molecule has 1 atom stereocenters. The summed E-state index contributed by atoms with van der Waals surface area (Å²) in [6, 6.07) is 6.62. The highest BCUT2D eigenvalue weighted by atomic mass is 15.1. The molecule has 2 aromatic rings. The zero-order valence-electron chi connectivity index (χ0n) is 10.8. The average molecular weight is 242 g/mol. The maximum atomic E-state index is 4.60. The van der Waals surface area contributed by atoms with E-state index in [2.05, 4.69) is 39.8 Å². The maximum Gasteiger partial charge on any atom is 0.0954 e. The van der Waals surface area contributed by atoms with Crippen molar-refractivity contribution in [3.63, 3.8) is 0 Å². The van der Waals surface area contributed by atoms with E-state index in [1.807, 2.05) is 24.7 Å². The van der Waals surface area contributed by atoms with Crippen molar-refractivity contribution in [1.29, 1.82) is 0 Å². The van der Waals surface area contributed by atoms with Crippen molar-refractivity contribution in [2.24, 2.45) is 0 Å². The average Bonchev–Trinajstić information content (AvgIpc) is 2.83. The van der Waals surface area contributed by atoms with E-state index in [9.17, 15) is 0 Å². The van der Waals surface area contributed by atoms with Gasteiger partial charge in [0.15, 0.2) is 0 Å². The third kappa shape index (κ3) is 1.82. The minimum absolute atomic E-state index is 0.134. The number of rotatable bonds is 2. The molecule has 3 rings (SSSR count). The summed E-state index contributed by atoms with van der Waals surface area (Å²) in [6.45, 7) is 5.37. The van der Waals surface area contributed by atoms with Gasteiger partial charge in [-0.15, -0.1) is 0 Å². The van der Waals surface area contributed by atoms with Gasteiger partial charge < -0.3 is 9.88 Å². The van der Waals surface area contributed by atoms with Gasteiger partial charge in [0.25, 0.3) is 0 Å². The minimum Gasteiger partial charge on any atom is -0.332 e. The Hall–Kier alpha value is -1.68. The monoisotopic (exact) mass is 242 g/mol. The van der Waals surface area contributed by atoms with E-state index in [1.165, 1.54) is 5.69 Å². The Bertz CT molecular complexity index is 530. The number of nitrogens with one attached hydrogen (secondary N) is 1. The molecule has 4 heteroatoms. The summed E-state index contributed by atoms with van der Waals surface area (Å²) < 4.78 is 2.27. The number of fused-ring (bicyclic) bond motifs is 1. The van der Waals surface area contributed by atoms with Gasteiger partial charge in [-0.2, -0.15) is 0 Å². The first kappa shape index (κ1) is 11.4. The van der Waals surface area contributed by atoms with Crippen LogP contribution >= 0.6 is 0 Å². The standard InChI is InChI=1S/C14H18N4/c1-10(2)18-9-17-14-12(18)6-8-16-13(14)11-5-3-4-7-15-11/h3-5,7,9-10,13,16H,6,8H2,1-2H3. The molecule has 1 aliphatic heterocycles. The normalized spacial score (nSPS) is 18.9. The molecule has 0 aliphatic carbocycles. The molecule has 18 heavy (non-hydrogen) atoms. The van der Waals surface area contributed by atoms with Crippen LogP contribution in [0.25, 0.3) is 0 Å². The number of hydrogen-bond donors (Lipinski definition) is 1. The molecular formula is C14H18N4. The van der Waals surface area contributed by atoms with Crippen LogP contribution in [-0.4, -0.2) is 21.1 Å². The SMILES string of the molecule is CC(C)n1cnc2c1CCNC2c1ccccn1. The fraction of sp³-hybridized carbons (Fsp3) is 0.429. The summed E-state index contributed by atoms with van der Waals surface area (Å²) >= 11 is 0. The Morgan fingerprint density at radius 3 is 2.94 bits per heavy atom. The van der Waals surface area contributed by atoms with Crippen LogP contribution in [0.2, 0.25) is 0 Å². The van der Waals surface area contributed by atoms with Crippen molar-refractivity contribution in [1.82, 2.24) is 19.9 Å². The molecule has 1 N–H and O–H groups in total. The lowest BCUT2D eigenvalue weighted by atomic mass is 10.0. The Labute approximate surface area is 107 Å². The van der Waals surface area contributed by atoms with Gasteiger partial charge >= 0.3 is 0 Å². The summed E-state index contributed by atoms with van der Waals surface area (Å²) in [4.78, 5) is 9.04. The zero-order valence-corrected chi connectivity index (χ0v) is 10.8. The lowest BCUT2D eigenvalue weighted by Gasteiger charge is -2.24. The van der Waals surface area contributed by atoms with Gasteiger partial charge in [-0.25, -0.2) is 4.98 Å². The molecule has 0 amide bonds. The summed E-state index contributed by atoms with van der Waals surface area (Å²) in [5.74, 6) is 0. The van der Waals surface area contributed by atoms with Crippen molar-refractivity contribution in [2.75, 3.05) is 6.54 Å². The second-order valence-corrected chi connectivity index (χ2v) is 4.97. The fourth-order valence-electron chi connectivity index (χ4n) is 2.57. The molecule has 0 bridgehead atoms. The van der Waals surface area contributed by atoms with Gasteiger partial charge in [-0.1, -0.05) is 6.07 Å². The third-order valence-electron chi connectivity index (χ3n) is 3.45.